The van der Waals surface area contributed by atoms with Crippen molar-refractivity contribution in [3.05, 3.63) is 65.5 Å². The maximum Gasteiger partial charge on any atom is 0.308 e. The van der Waals surface area contributed by atoms with Crippen LogP contribution < -0.4 is 0 Å². The molecule has 120 valence electrons. The van der Waals surface area contributed by atoms with Gasteiger partial charge in [-0.1, -0.05) is 12.1 Å². The fourth-order valence-electron chi connectivity index (χ4n) is 3.09. The average molecular weight is 318 g/mol. The third-order valence-corrected chi connectivity index (χ3v) is 4.26. The molecule has 0 saturated carbocycles. The third kappa shape index (κ3) is 3.37. The second-order valence-electron chi connectivity index (χ2n) is 5.76. The lowest BCUT2D eigenvalue weighted by Crippen LogP contribution is -2.23. The molecule has 23 heavy (non-hydrogen) atoms. The van der Waals surface area contributed by atoms with Crippen LogP contribution in [-0.4, -0.2) is 34.0 Å². The molecular weight excluding hydrogens is 302 g/mol. The van der Waals surface area contributed by atoms with Crippen LogP contribution in [0.3, 0.4) is 0 Å². The number of hydrogen-bond acceptors (Lipinski definition) is 3. The molecule has 2 heterocycles. The van der Waals surface area contributed by atoms with Gasteiger partial charge in [-0.15, -0.1) is 0 Å². The maximum absolute atomic E-state index is 13.7. The van der Waals surface area contributed by atoms with Crippen LogP contribution in [0.4, 0.5) is 8.78 Å². The monoisotopic (exact) mass is 318 g/mol. The second-order valence-corrected chi connectivity index (χ2v) is 5.76. The van der Waals surface area contributed by atoms with Crippen molar-refractivity contribution in [3.8, 4) is 0 Å². The van der Waals surface area contributed by atoms with Gasteiger partial charge in [0.2, 0.25) is 0 Å². The summed E-state index contributed by atoms with van der Waals surface area (Å²) in [5.74, 6) is -2.47. The lowest BCUT2D eigenvalue weighted by molar-refractivity contribution is -0.141. The van der Waals surface area contributed by atoms with Crippen LogP contribution in [0.2, 0.25) is 0 Å². The van der Waals surface area contributed by atoms with Crippen molar-refractivity contribution in [2.24, 2.45) is 5.92 Å². The van der Waals surface area contributed by atoms with Gasteiger partial charge in [0.15, 0.2) is 0 Å². The van der Waals surface area contributed by atoms with Crippen LogP contribution in [0.25, 0.3) is 0 Å². The lowest BCUT2D eigenvalue weighted by Gasteiger charge is -2.16. The normalized spacial score (nSPS) is 21.5. The van der Waals surface area contributed by atoms with Crippen LogP contribution in [-0.2, 0) is 11.3 Å². The Bertz CT molecular complexity index is 706. The summed E-state index contributed by atoms with van der Waals surface area (Å²) in [6.07, 6.45) is 2.66. The van der Waals surface area contributed by atoms with Crippen LogP contribution in [0.15, 0.2) is 42.7 Å². The molecule has 0 aliphatic carbocycles. The molecule has 3 rings (SSSR count). The van der Waals surface area contributed by atoms with E-state index in [-0.39, 0.29) is 11.7 Å². The number of aromatic nitrogens is 1. The van der Waals surface area contributed by atoms with E-state index in [0.717, 1.165) is 11.8 Å². The zero-order valence-electron chi connectivity index (χ0n) is 12.3. The number of nitrogens with zero attached hydrogens (tertiary/aromatic N) is 2. The molecule has 0 radical (unpaired) electrons. The van der Waals surface area contributed by atoms with E-state index in [2.05, 4.69) is 4.98 Å². The molecule has 0 unspecified atom stereocenters. The molecule has 1 fully saturated rings. The molecule has 6 heteroatoms. The van der Waals surface area contributed by atoms with E-state index < -0.39 is 17.7 Å². The number of benzene rings is 1. The molecule has 2 atom stereocenters. The Labute approximate surface area is 132 Å². The summed E-state index contributed by atoms with van der Waals surface area (Å²) in [6, 6.07) is 7.49. The molecule has 1 aromatic heterocycles. The van der Waals surface area contributed by atoms with Crippen molar-refractivity contribution >= 4 is 5.97 Å². The topological polar surface area (TPSA) is 53.4 Å². The third-order valence-electron chi connectivity index (χ3n) is 4.26. The molecule has 2 aromatic rings. The van der Waals surface area contributed by atoms with Crippen molar-refractivity contribution in [1.82, 2.24) is 9.88 Å². The Morgan fingerprint density at radius 2 is 1.96 bits per heavy atom. The fraction of sp³-hybridized carbons (Fsp3) is 0.294. The highest BCUT2D eigenvalue weighted by molar-refractivity contribution is 5.72. The molecular formula is C17H16F2N2O2. The highest BCUT2D eigenvalue weighted by Gasteiger charge is 2.38. The number of aliphatic carboxylic acids is 1. The number of hydrogen-bond donors (Lipinski definition) is 1. The smallest absolute Gasteiger partial charge is 0.308 e. The molecule has 1 saturated heterocycles. The minimum absolute atomic E-state index is 0.238. The van der Waals surface area contributed by atoms with Gasteiger partial charge in [-0.2, -0.15) is 0 Å². The van der Waals surface area contributed by atoms with Crippen LogP contribution in [0.1, 0.15) is 17.0 Å². The van der Waals surface area contributed by atoms with Gasteiger partial charge in [-0.05, 0) is 23.8 Å². The quantitative estimate of drug-likeness (QED) is 0.942. The summed E-state index contributed by atoms with van der Waals surface area (Å²) in [7, 11) is 0. The van der Waals surface area contributed by atoms with Crippen LogP contribution in [0.5, 0.6) is 0 Å². The van der Waals surface area contributed by atoms with Crippen LogP contribution in [0, 0.1) is 17.6 Å². The Balaban J connectivity index is 1.80. The molecule has 1 N–H and O–H groups in total. The van der Waals surface area contributed by atoms with E-state index in [9.17, 15) is 18.7 Å². The van der Waals surface area contributed by atoms with Crippen molar-refractivity contribution in [2.75, 3.05) is 13.1 Å². The largest absolute Gasteiger partial charge is 0.481 e. The predicted molar refractivity (Wildman–Crippen MR) is 79.7 cm³/mol. The first-order chi connectivity index (χ1) is 11.0. The van der Waals surface area contributed by atoms with Crippen LogP contribution >= 0.6 is 0 Å². The summed E-state index contributed by atoms with van der Waals surface area (Å²) in [6.45, 7) is 1.15. The van der Waals surface area contributed by atoms with E-state index in [4.69, 9.17) is 0 Å². The first kappa shape index (κ1) is 15.6. The minimum Gasteiger partial charge on any atom is -0.481 e. The van der Waals surface area contributed by atoms with E-state index in [1.807, 2.05) is 4.90 Å². The van der Waals surface area contributed by atoms with Gasteiger partial charge in [-0.3, -0.25) is 14.7 Å². The summed E-state index contributed by atoms with van der Waals surface area (Å²) in [4.78, 5) is 17.2. The SMILES string of the molecule is O=C(O)[C@@H]1CN(Cc2ccncc2F)C[C@H]1c1ccc(F)cc1. The van der Waals surface area contributed by atoms with E-state index in [0.29, 0.717) is 25.2 Å². The van der Waals surface area contributed by atoms with E-state index in [1.165, 1.54) is 18.3 Å². The van der Waals surface area contributed by atoms with Crippen molar-refractivity contribution < 1.29 is 18.7 Å². The van der Waals surface area contributed by atoms with E-state index >= 15 is 0 Å². The number of carbonyl (C=O) groups is 1. The van der Waals surface area contributed by atoms with Gasteiger partial charge >= 0.3 is 5.97 Å². The van der Waals surface area contributed by atoms with Crippen molar-refractivity contribution in [3.63, 3.8) is 0 Å². The highest BCUT2D eigenvalue weighted by Crippen LogP contribution is 2.34. The Kier molecular flexibility index (Phi) is 4.34. The van der Waals surface area contributed by atoms with Gasteiger partial charge in [0, 0.05) is 37.3 Å². The zero-order valence-corrected chi connectivity index (χ0v) is 12.3. The van der Waals surface area contributed by atoms with Gasteiger partial charge in [0.25, 0.3) is 0 Å². The van der Waals surface area contributed by atoms with Crippen molar-refractivity contribution in [2.45, 2.75) is 12.5 Å². The number of carboxylic acid groups (broad SMARTS) is 1. The Hall–Kier alpha value is -2.34. The molecule has 1 aliphatic rings. The summed E-state index contributed by atoms with van der Waals surface area (Å²) < 4.78 is 26.8. The average Bonchev–Trinajstić information content (AvgIpc) is 2.94. The number of carboxylic acids is 1. The molecule has 4 nitrogen and oxygen atoms in total. The second kappa shape index (κ2) is 6.42. The summed E-state index contributed by atoms with van der Waals surface area (Å²) in [5, 5.41) is 9.45. The predicted octanol–water partition coefficient (Wildman–Crippen LogP) is 2.66. The summed E-state index contributed by atoms with van der Waals surface area (Å²) in [5.41, 5.74) is 1.28. The molecule has 0 bridgehead atoms. The zero-order chi connectivity index (χ0) is 16.4. The molecule has 0 spiro atoms. The first-order valence-corrected chi connectivity index (χ1v) is 7.33. The molecule has 0 amide bonds. The molecule has 1 aliphatic heterocycles. The van der Waals surface area contributed by atoms with Crippen molar-refractivity contribution in [1.29, 1.82) is 0 Å². The highest BCUT2D eigenvalue weighted by atomic mass is 19.1. The maximum atomic E-state index is 13.7. The van der Waals surface area contributed by atoms with E-state index in [1.54, 1.807) is 18.2 Å². The minimum atomic E-state index is -0.892. The first-order valence-electron chi connectivity index (χ1n) is 7.33. The van der Waals surface area contributed by atoms with Gasteiger partial charge in [0.05, 0.1) is 12.1 Å². The number of likely N-dealkylation sites (tertiary alicyclic amines) is 1. The fourth-order valence-corrected chi connectivity index (χ4v) is 3.09. The Morgan fingerprint density at radius 1 is 1.22 bits per heavy atom. The van der Waals surface area contributed by atoms with Gasteiger partial charge in [-0.25, -0.2) is 8.78 Å². The molecule has 1 aromatic carbocycles. The number of rotatable bonds is 4. The van der Waals surface area contributed by atoms with Gasteiger partial charge < -0.3 is 5.11 Å². The Morgan fingerprint density at radius 3 is 2.61 bits per heavy atom. The van der Waals surface area contributed by atoms with Gasteiger partial charge in [0.1, 0.15) is 11.6 Å². The standard InChI is InChI=1S/C17H16F2N2O2/c18-13-3-1-11(2-4-13)14-9-21(10-15(14)17(22)23)8-12-5-6-20-7-16(12)19/h1-7,14-15H,8-10H2,(H,22,23)/t14-,15+/m0/s1. The lowest BCUT2D eigenvalue weighted by atomic mass is 9.89. The number of pyridine rings is 1. The number of halogens is 2. The summed E-state index contributed by atoms with van der Waals surface area (Å²) >= 11 is 0.